The van der Waals surface area contributed by atoms with Gasteiger partial charge >= 0.3 is 0 Å². The molecule has 0 saturated heterocycles. The molecule has 3 heteroatoms. The Kier molecular flexibility index (Phi) is 7.71. The largest absolute Gasteiger partial charge is 0.261 e. The molecule has 0 fully saturated rings. The first-order chi connectivity index (χ1) is 19.6. The monoisotopic (exact) mass is 560 g/mol. The van der Waals surface area contributed by atoms with E-state index in [2.05, 4.69) is 146 Å². The number of benzene rings is 1. The first kappa shape index (κ1) is 30.1. The minimum atomic E-state index is -0.136. The van der Waals surface area contributed by atoms with Crippen LogP contribution in [0.3, 0.4) is 0 Å². The van der Waals surface area contributed by atoms with Gasteiger partial charge in [-0.1, -0.05) is 91.8 Å². The van der Waals surface area contributed by atoms with Crippen molar-refractivity contribution in [2.45, 2.75) is 115 Å². The van der Waals surface area contributed by atoms with Crippen LogP contribution in [0.2, 0.25) is 0 Å². The highest BCUT2D eigenvalue weighted by Gasteiger charge is 2.42. The molecule has 1 aromatic carbocycles. The fourth-order valence-corrected chi connectivity index (χ4v) is 6.67. The van der Waals surface area contributed by atoms with E-state index in [0.29, 0.717) is 0 Å². The van der Waals surface area contributed by atoms with Crippen molar-refractivity contribution in [1.29, 1.82) is 0 Å². The topological polar surface area (TPSA) is 29.7 Å². The lowest BCUT2D eigenvalue weighted by Crippen LogP contribution is -2.46. The summed E-state index contributed by atoms with van der Waals surface area (Å²) >= 11 is 0. The number of aromatic nitrogens is 3. The molecule has 42 heavy (non-hydrogen) atoms. The summed E-state index contributed by atoms with van der Waals surface area (Å²) in [4.78, 5) is 10.0. The van der Waals surface area contributed by atoms with Crippen molar-refractivity contribution in [3.05, 3.63) is 125 Å². The number of nitrogens with zero attached hydrogens (tertiary/aromatic N) is 3. The maximum Gasteiger partial charge on any atom is 0.169 e. The van der Waals surface area contributed by atoms with Gasteiger partial charge in [0.2, 0.25) is 0 Å². The molecule has 8 rings (SSSR count). The average molecular weight is 561 g/mol. The van der Waals surface area contributed by atoms with Gasteiger partial charge in [0.1, 0.15) is 0 Å². The molecule has 4 bridgehead atoms. The summed E-state index contributed by atoms with van der Waals surface area (Å²) in [5, 5.41) is 0. The third-order valence-electron chi connectivity index (χ3n) is 10.8. The van der Waals surface area contributed by atoms with Crippen LogP contribution < -0.4 is 4.57 Å². The average Bonchev–Trinajstić information content (AvgIpc) is 2.96. The molecule has 0 saturated carbocycles. The molecule has 0 amide bonds. The smallest absolute Gasteiger partial charge is 0.169 e. The molecular formula is C39H50N3+. The highest BCUT2D eigenvalue weighted by atomic mass is 14.9. The van der Waals surface area contributed by atoms with Crippen molar-refractivity contribution in [1.82, 2.24) is 9.97 Å². The van der Waals surface area contributed by atoms with Crippen molar-refractivity contribution >= 4 is 0 Å². The summed E-state index contributed by atoms with van der Waals surface area (Å²) in [7, 11) is 0. The standard InChI is InChI=1S/C39H50N3/c1-35(2,3)29-13-15-31(16-14-29)38(8)21-22-39(9,34-12-10-11-23-40-34)28-42-24-19-30(20-25-42)36(4,5)37(6,7)32-17-18-33(26-38)41-27-32/h10-20,23-25,27H,21-22,26,28H2,1-9H3/q+1. The van der Waals surface area contributed by atoms with Crippen LogP contribution in [0.1, 0.15) is 109 Å². The SMILES string of the molecule is CC(C)(C)c1ccc(C2(C)CCC(C)(c3ccccn3)C[n+]3ccc(cc3)C(C)(C)C(C)(C)c3ccc(nc3)C2)cc1. The lowest BCUT2D eigenvalue weighted by Gasteiger charge is -2.42. The van der Waals surface area contributed by atoms with Gasteiger partial charge in [-0.25, -0.2) is 4.57 Å². The summed E-state index contributed by atoms with van der Waals surface area (Å²) < 4.78 is 2.36. The first-order valence-electron chi connectivity index (χ1n) is 15.6. The van der Waals surface area contributed by atoms with Crippen LogP contribution in [0.15, 0.2) is 91.5 Å². The summed E-state index contributed by atoms with van der Waals surface area (Å²) in [6.07, 6.45) is 11.5. The Bertz CT molecular complexity index is 1490. The normalized spacial score (nSPS) is 24.0. The van der Waals surface area contributed by atoms with Crippen molar-refractivity contribution in [3.63, 3.8) is 0 Å². The zero-order valence-electron chi connectivity index (χ0n) is 27.3. The first-order valence-corrected chi connectivity index (χ1v) is 15.6. The van der Waals surface area contributed by atoms with E-state index in [-0.39, 0.29) is 27.1 Å². The Morgan fingerprint density at radius 1 is 0.643 bits per heavy atom. The van der Waals surface area contributed by atoms with Crippen LogP contribution in [-0.2, 0) is 40.0 Å². The second-order valence-corrected chi connectivity index (χ2v) is 15.4. The highest BCUT2D eigenvalue weighted by Crippen LogP contribution is 2.44. The van der Waals surface area contributed by atoms with E-state index in [1.54, 1.807) is 0 Å². The highest BCUT2D eigenvalue weighted by molar-refractivity contribution is 5.36. The van der Waals surface area contributed by atoms with E-state index in [9.17, 15) is 0 Å². The van der Waals surface area contributed by atoms with Crippen molar-refractivity contribution in [2.24, 2.45) is 0 Å². The third-order valence-corrected chi connectivity index (χ3v) is 10.8. The lowest BCUT2D eigenvalue weighted by molar-refractivity contribution is -0.705. The van der Waals surface area contributed by atoms with Crippen LogP contribution in [0.5, 0.6) is 0 Å². The van der Waals surface area contributed by atoms with Crippen molar-refractivity contribution < 1.29 is 4.57 Å². The summed E-state index contributed by atoms with van der Waals surface area (Å²) in [6, 6.07) is 25.0. The van der Waals surface area contributed by atoms with E-state index in [1.807, 2.05) is 12.3 Å². The van der Waals surface area contributed by atoms with Gasteiger partial charge in [-0.05, 0) is 82.9 Å². The third kappa shape index (κ3) is 5.68. The molecule has 0 aliphatic carbocycles. The molecule has 2 unspecified atom stereocenters. The Morgan fingerprint density at radius 2 is 1.26 bits per heavy atom. The molecule has 2 atom stereocenters. The Hall–Kier alpha value is -3.33. The van der Waals surface area contributed by atoms with Crippen LogP contribution in [0.25, 0.3) is 0 Å². The molecule has 3 nitrogen and oxygen atoms in total. The fourth-order valence-electron chi connectivity index (χ4n) is 6.67. The lowest BCUT2D eigenvalue weighted by atomic mass is 9.61. The molecule has 4 aromatic rings. The van der Waals surface area contributed by atoms with E-state index >= 15 is 0 Å². The molecule has 4 aliphatic heterocycles. The van der Waals surface area contributed by atoms with E-state index in [1.165, 1.54) is 22.3 Å². The Morgan fingerprint density at radius 3 is 1.83 bits per heavy atom. The van der Waals surface area contributed by atoms with Gasteiger partial charge in [0.25, 0.3) is 0 Å². The second-order valence-electron chi connectivity index (χ2n) is 15.4. The summed E-state index contributed by atoms with van der Waals surface area (Å²) in [5.74, 6) is 0. The Labute approximate surface area is 254 Å². The summed E-state index contributed by atoms with van der Waals surface area (Å²) in [5.41, 5.74) is 7.39. The molecule has 3 aromatic heterocycles. The number of rotatable bonds is 2. The summed E-state index contributed by atoms with van der Waals surface area (Å²) in [6.45, 7) is 22.0. The van der Waals surface area contributed by atoms with Crippen LogP contribution >= 0.6 is 0 Å². The van der Waals surface area contributed by atoms with Gasteiger partial charge in [-0.2, -0.15) is 0 Å². The molecule has 220 valence electrons. The zero-order valence-corrected chi connectivity index (χ0v) is 27.3. The van der Waals surface area contributed by atoms with Crippen molar-refractivity contribution in [3.8, 4) is 0 Å². The molecule has 0 spiro atoms. The van der Waals surface area contributed by atoms with Gasteiger partial charge in [0.15, 0.2) is 18.9 Å². The van der Waals surface area contributed by atoms with Crippen molar-refractivity contribution in [2.75, 3.05) is 0 Å². The molecule has 0 N–H and O–H groups in total. The molecule has 0 radical (unpaired) electrons. The molecule has 4 aliphatic rings. The minimum absolute atomic E-state index is 0.0820. The van der Waals surface area contributed by atoms with Gasteiger partial charge in [0, 0.05) is 35.6 Å². The van der Waals surface area contributed by atoms with Crippen LogP contribution in [-0.4, -0.2) is 9.97 Å². The number of hydrogen-bond donors (Lipinski definition) is 0. The second kappa shape index (κ2) is 10.7. The minimum Gasteiger partial charge on any atom is -0.261 e. The van der Waals surface area contributed by atoms with Gasteiger partial charge in [-0.15, -0.1) is 0 Å². The molecular weight excluding hydrogens is 510 g/mol. The maximum atomic E-state index is 5.12. The van der Waals surface area contributed by atoms with Gasteiger partial charge < -0.3 is 0 Å². The van der Waals surface area contributed by atoms with Gasteiger partial charge in [0.05, 0.1) is 11.1 Å². The van der Waals surface area contributed by atoms with E-state index < -0.39 is 0 Å². The number of pyridine rings is 3. The maximum absolute atomic E-state index is 5.12. The Balaban J connectivity index is 1.65. The quantitative estimate of drug-likeness (QED) is 0.230. The van der Waals surface area contributed by atoms with Gasteiger partial charge in [-0.3, -0.25) is 9.97 Å². The zero-order chi connectivity index (χ0) is 30.4. The van der Waals surface area contributed by atoms with Crippen LogP contribution in [0, 0.1) is 0 Å². The van der Waals surface area contributed by atoms with E-state index in [0.717, 1.165) is 37.2 Å². The predicted octanol–water partition coefficient (Wildman–Crippen LogP) is 8.57. The number of hydrogen-bond acceptors (Lipinski definition) is 2. The fraction of sp³-hybridized carbons (Fsp3) is 0.462. The van der Waals surface area contributed by atoms with E-state index in [4.69, 9.17) is 9.97 Å². The molecule has 7 heterocycles. The van der Waals surface area contributed by atoms with Crippen LogP contribution in [0.4, 0.5) is 0 Å². The predicted molar refractivity (Wildman–Crippen MR) is 174 cm³/mol.